The van der Waals surface area contributed by atoms with E-state index in [1.165, 1.54) is 38.5 Å². The number of carbonyl (C=O) groups is 1. The van der Waals surface area contributed by atoms with Crippen LogP contribution in [-0.2, 0) is 4.79 Å². The van der Waals surface area contributed by atoms with Crippen molar-refractivity contribution in [3.8, 4) is 0 Å². The summed E-state index contributed by atoms with van der Waals surface area (Å²) >= 11 is 0. The average molecular weight is 214 g/mol. The molecule has 0 spiro atoms. The quantitative estimate of drug-likeness (QED) is 0.552. The van der Waals surface area contributed by atoms with Gasteiger partial charge in [-0.05, 0) is 12.3 Å². The van der Waals surface area contributed by atoms with Crippen LogP contribution in [0.2, 0.25) is 0 Å². The number of aliphatic carboxylic acids is 1. The van der Waals surface area contributed by atoms with Gasteiger partial charge in [0.1, 0.15) is 0 Å². The highest BCUT2D eigenvalue weighted by Gasteiger charge is 2.08. The molecule has 0 aromatic carbocycles. The predicted molar refractivity (Wildman–Crippen MR) is 64.0 cm³/mol. The summed E-state index contributed by atoms with van der Waals surface area (Å²) in [6.45, 7) is 4.39. The third kappa shape index (κ3) is 9.77. The summed E-state index contributed by atoms with van der Waals surface area (Å²) in [5.41, 5.74) is 0. The Kier molecular flexibility index (Phi) is 9.65. The van der Waals surface area contributed by atoms with E-state index >= 15 is 0 Å². The summed E-state index contributed by atoms with van der Waals surface area (Å²) in [5.74, 6) is -0.0258. The Hall–Kier alpha value is -0.530. The lowest BCUT2D eigenvalue weighted by molar-refractivity contribution is -0.137. The van der Waals surface area contributed by atoms with Crippen molar-refractivity contribution in [1.29, 1.82) is 0 Å². The number of hydrogen-bond acceptors (Lipinski definition) is 1. The highest BCUT2D eigenvalue weighted by Crippen LogP contribution is 2.19. The molecule has 2 heteroatoms. The molecule has 2 nitrogen and oxygen atoms in total. The van der Waals surface area contributed by atoms with E-state index in [0.29, 0.717) is 12.3 Å². The van der Waals surface area contributed by atoms with Crippen molar-refractivity contribution < 1.29 is 9.90 Å². The molecule has 0 fully saturated rings. The fourth-order valence-electron chi connectivity index (χ4n) is 1.92. The molecular formula is C13H26O2. The minimum Gasteiger partial charge on any atom is -0.481 e. The molecular weight excluding hydrogens is 188 g/mol. The third-order valence-corrected chi connectivity index (χ3v) is 3.06. The van der Waals surface area contributed by atoms with E-state index in [9.17, 15) is 4.79 Å². The monoisotopic (exact) mass is 214 g/mol. The SMILES string of the molecule is CCCCCCCC(CC)CCC(=O)O. The first-order valence-corrected chi connectivity index (χ1v) is 6.42. The molecule has 0 aliphatic heterocycles. The standard InChI is InChI=1S/C13H26O2/c1-3-5-6-7-8-9-12(4-2)10-11-13(14)15/h12H,3-11H2,1-2H3,(H,14,15). The largest absolute Gasteiger partial charge is 0.481 e. The zero-order valence-electron chi connectivity index (χ0n) is 10.3. The van der Waals surface area contributed by atoms with E-state index in [4.69, 9.17) is 5.11 Å². The van der Waals surface area contributed by atoms with Crippen LogP contribution in [0.15, 0.2) is 0 Å². The Morgan fingerprint density at radius 3 is 2.27 bits per heavy atom. The van der Waals surface area contributed by atoms with Crippen molar-refractivity contribution in [3.05, 3.63) is 0 Å². The van der Waals surface area contributed by atoms with Crippen molar-refractivity contribution in [2.75, 3.05) is 0 Å². The number of carboxylic acids is 1. The first-order chi connectivity index (χ1) is 7.20. The van der Waals surface area contributed by atoms with Crippen molar-refractivity contribution in [3.63, 3.8) is 0 Å². The zero-order valence-corrected chi connectivity index (χ0v) is 10.3. The van der Waals surface area contributed by atoms with E-state index < -0.39 is 5.97 Å². The first-order valence-electron chi connectivity index (χ1n) is 6.42. The van der Waals surface area contributed by atoms with Crippen molar-refractivity contribution in [2.24, 2.45) is 5.92 Å². The van der Waals surface area contributed by atoms with Crippen LogP contribution in [0.1, 0.15) is 71.6 Å². The van der Waals surface area contributed by atoms with Gasteiger partial charge in [0.15, 0.2) is 0 Å². The molecule has 1 atom stereocenters. The van der Waals surface area contributed by atoms with Crippen LogP contribution in [0.5, 0.6) is 0 Å². The minimum absolute atomic E-state index is 0.341. The topological polar surface area (TPSA) is 37.3 Å². The maximum atomic E-state index is 10.4. The lowest BCUT2D eigenvalue weighted by atomic mass is 9.93. The van der Waals surface area contributed by atoms with Crippen LogP contribution in [0.3, 0.4) is 0 Å². The lowest BCUT2D eigenvalue weighted by Gasteiger charge is -2.12. The minimum atomic E-state index is -0.653. The van der Waals surface area contributed by atoms with Gasteiger partial charge in [0.05, 0.1) is 0 Å². The second-order valence-electron chi connectivity index (χ2n) is 4.41. The van der Waals surface area contributed by atoms with Gasteiger partial charge in [0.25, 0.3) is 0 Å². The summed E-state index contributed by atoms with van der Waals surface area (Å²) in [7, 11) is 0. The molecule has 0 aliphatic rings. The Morgan fingerprint density at radius 2 is 1.73 bits per heavy atom. The zero-order chi connectivity index (χ0) is 11.5. The van der Waals surface area contributed by atoms with Crippen LogP contribution in [-0.4, -0.2) is 11.1 Å². The second kappa shape index (κ2) is 10.0. The van der Waals surface area contributed by atoms with Crippen molar-refractivity contribution in [2.45, 2.75) is 71.6 Å². The van der Waals surface area contributed by atoms with E-state index in [0.717, 1.165) is 12.8 Å². The van der Waals surface area contributed by atoms with Gasteiger partial charge < -0.3 is 5.11 Å². The second-order valence-corrected chi connectivity index (χ2v) is 4.41. The number of carboxylic acid groups (broad SMARTS) is 1. The Bertz CT molecular complexity index is 155. The van der Waals surface area contributed by atoms with E-state index in [-0.39, 0.29) is 0 Å². The average Bonchev–Trinajstić information content (AvgIpc) is 2.22. The molecule has 0 rings (SSSR count). The molecule has 90 valence electrons. The van der Waals surface area contributed by atoms with Crippen molar-refractivity contribution >= 4 is 5.97 Å². The predicted octanol–water partition coefficient (Wildman–Crippen LogP) is 4.24. The maximum absolute atomic E-state index is 10.4. The van der Waals surface area contributed by atoms with Crippen molar-refractivity contribution in [1.82, 2.24) is 0 Å². The van der Waals surface area contributed by atoms with Gasteiger partial charge >= 0.3 is 5.97 Å². The molecule has 0 aliphatic carbocycles. The molecule has 0 saturated carbocycles. The molecule has 0 saturated heterocycles. The number of unbranched alkanes of at least 4 members (excludes halogenated alkanes) is 4. The fraction of sp³-hybridized carbons (Fsp3) is 0.923. The van der Waals surface area contributed by atoms with Gasteiger partial charge in [-0.1, -0.05) is 58.8 Å². The molecule has 1 unspecified atom stereocenters. The van der Waals surface area contributed by atoms with E-state index in [1.54, 1.807) is 0 Å². The molecule has 15 heavy (non-hydrogen) atoms. The molecule has 0 aromatic rings. The van der Waals surface area contributed by atoms with Gasteiger partial charge in [-0.15, -0.1) is 0 Å². The maximum Gasteiger partial charge on any atom is 0.303 e. The summed E-state index contributed by atoms with van der Waals surface area (Å²) in [6, 6.07) is 0. The van der Waals surface area contributed by atoms with Crippen LogP contribution in [0.4, 0.5) is 0 Å². The fourth-order valence-corrected chi connectivity index (χ4v) is 1.92. The van der Waals surface area contributed by atoms with Crippen LogP contribution < -0.4 is 0 Å². The highest BCUT2D eigenvalue weighted by atomic mass is 16.4. The molecule has 0 amide bonds. The van der Waals surface area contributed by atoms with Gasteiger partial charge in [-0.3, -0.25) is 4.79 Å². The highest BCUT2D eigenvalue weighted by molar-refractivity contribution is 5.66. The van der Waals surface area contributed by atoms with Crippen LogP contribution >= 0.6 is 0 Å². The van der Waals surface area contributed by atoms with Crippen LogP contribution in [0.25, 0.3) is 0 Å². The van der Waals surface area contributed by atoms with Gasteiger partial charge in [-0.2, -0.15) is 0 Å². The summed E-state index contributed by atoms with van der Waals surface area (Å²) in [4.78, 5) is 10.4. The molecule has 0 aromatic heterocycles. The number of hydrogen-bond donors (Lipinski definition) is 1. The summed E-state index contributed by atoms with van der Waals surface area (Å²) in [5, 5.41) is 8.60. The normalized spacial score (nSPS) is 12.7. The molecule has 1 N–H and O–H groups in total. The Morgan fingerprint density at radius 1 is 1.07 bits per heavy atom. The van der Waals surface area contributed by atoms with Crippen LogP contribution in [0, 0.1) is 5.92 Å². The van der Waals surface area contributed by atoms with E-state index in [2.05, 4.69) is 13.8 Å². The Balaban J connectivity index is 3.40. The van der Waals surface area contributed by atoms with Gasteiger partial charge in [0.2, 0.25) is 0 Å². The number of rotatable bonds is 10. The third-order valence-electron chi connectivity index (χ3n) is 3.06. The first kappa shape index (κ1) is 14.5. The molecule has 0 radical (unpaired) electrons. The summed E-state index contributed by atoms with van der Waals surface area (Å²) < 4.78 is 0. The molecule has 0 bridgehead atoms. The molecule has 0 heterocycles. The van der Waals surface area contributed by atoms with Gasteiger partial charge in [-0.25, -0.2) is 0 Å². The lowest BCUT2D eigenvalue weighted by Crippen LogP contribution is -2.03. The Labute approximate surface area is 94.1 Å². The smallest absolute Gasteiger partial charge is 0.303 e. The summed E-state index contributed by atoms with van der Waals surface area (Å²) in [6.07, 6.45) is 10.1. The van der Waals surface area contributed by atoms with Gasteiger partial charge in [0, 0.05) is 6.42 Å². The van der Waals surface area contributed by atoms with E-state index in [1.807, 2.05) is 0 Å².